The van der Waals surface area contributed by atoms with Gasteiger partial charge in [0.15, 0.2) is 0 Å². The van der Waals surface area contributed by atoms with E-state index < -0.39 is 0 Å². The number of nitrogens with one attached hydrogen (secondary N) is 1. The lowest BCUT2D eigenvalue weighted by molar-refractivity contribution is 0.464. The van der Waals surface area contributed by atoms with Crippen LogP contribution in [0.1, 0.15) is 11.1 Å². The predicted octanol–water partition coefficient (Wildman–Crippen LogP) is 6.58. The first-order valence-electron chi connectivity index (χ1n) is 10.4. The first kappa shape index (κ1) is 19.2. The molecular formula is C27H22N2O2. The van der Waals surface area contributed by atoms with Crippen LogP contribution in [-0.2, 0) is 13.0 Å². The first-order chi connectivity index (χ1) is 15.2. The normalized spacial score (nSPS) is 11.4. The first-order valence-corrected chi connectivity index (χ1v) is 10.4. The van der Waals surface area contributed by atoms with Crippen LogP contribution in [0.25, 0.3) is 32.3 Å². The number of nitroso groups, excluding NO2 is 1. The highest BCUT2D eigenvalue weighted by Crippen LogP contribution is 2.31. The van der Waals surface area contributed by atoms with Gasteiger partial charge in [-0.05, 0) is 86.4 Å². The minimum absolute atomic E-state index is 0.170. The quantitative estimate of drug-likeness (QED) is 0.145. The highest BCUT2D eigenvalue weighted by molar-refractivity contribution is 6.12. The summed E-state index contributed by atoms with van der Waals surface area (Å²) in [5.41, 5.74) is 2.28. The molecule has 0 aromatic heterocycles. The molecule has 0 aliphatic heterocycles. The Morgan fingerprint density at radius 2 is 1.55 bits per heavy atom. The van der Waals surface area contributed by atoms with Gasteiger partial charge in [-0.2, -0.15) is 0 Å². The van der Waals surface area contributed by atoms with Crippen molar-refractivity contribution in [2.24, 2.45) is 5.18 Å². The molecule has 0 saturated carbocycles. The van der Waals surface area contributed by atoms with Crippen molar-refractivity contribution in [3.63, 3.8) is 0 Å². The molecule has 0 radical (unpaired) electrons. The van der Waals surface area contributed by atoms with Crippen molar-refractivity contribution in [3.8, 4) is 5.75 Å². The number of aromatic hydroxyl groups is 1. The molecule has 4 heteroatoms. The third-order valence-corrected chi connectivity index (χ3v) is 5.89. The molecule has 0 heterocycles. The van der Waals surface area contributed by atoms with Crippen molar-refractivity contribution in [3.05, 3.63) is 101 Å². The van der Waals surface area contributed by atoms with Gasteiger partial charge in [-0.25, -0.2) is 0 Å². The molecule has 0 unspecified atom stereocenters. The van der Waals surface area contributed by atoms with Crippen molar-refractivity contribution in [1.29, 1.82) is 0 Å². The standard InChI is InChI=1S/C27H22N2O2/c30-27-11-9-23(29-31)15-22(27)17-28-13-12-18-6-3-7-25-24(18)10-8-21-14-19-4-1-2-5-20(19)16-26(21)25/h1-11,14-16,28,30H,12-13,17H2. The molecule has 4 nitrogen and oxygen atoms in total. The van der Waals surface area contributed by atoms with Crippen LogP contribution >= 0.6 is 0 Å². The van der Waals surface area contributed by atoms with Gasteiger partial charge in [-0.1, -0.05) is 54.6 Å². The topological polar surface area (TPSA) is 61.7 Å². The van der Waals surface area contributed by atoms with Crippen molar-refractivity contribution < 1.29 is 5.11 Å². The van der Waals surface area contributed by atoms with Gasteiger partial charge in [0.05, 0.1) is 0 Å². The Kier molecular flexibility index (Phi) is 5.06. The summed E-state index contributed by atoms with van der Waals surface area (Å²) >= 11 is 0. The van der Waals surface area contributed by atoms with E-state index in [0.717, 1.165) is 13.0 Å². The van der Waals surface area contributed by atoms with Gasteiger partial charge in [0, 0.05) is 12.1 Å². The maximum absolute atomic E-state index is 10.7. The number of hydrogen-bond donors (Lipinski definition) is 2. The molecular weight excluding hydrogens is 384 g/mol. The molecule has 0 atom stereocenters. The predicted molar refractivity (Wildman–Crippen MR) is 128 cm³/mol. The summed E-state index contributed by atoms with van der Waals surface area (Å²) in [7, 11) is 0. The molecule has 5 rings (SSSR count). The van der Waals surface area contributed by atoms with E-state index in [2.05, 4.69) is 77.2 Å². The summed E-state index contributed by atoms with van der Waals surface area (Å²) in [5.74, 6) is 0.170. The number of rotatable bonds is 6. The fraction of sp³-hybridized carbons (Fsp3) is 0.111. The van der Waals surface area contributed by atoms with Gasteiger partial charge in [-0.3, -0.25) is 0 Å². The fourth-order valence-corrected chi connectivity index (χ4v) is 4.28. The zero-order valence-corrected chi connectivity index (χ0v) is 17.0. The largest absolute Gasteiger partial charge is 0.508 e. The lowest BCUT2D eigenvalue weighted by atomic mass is 9.95. The Morgan fingerprint density at radius 1 is 0.710 bits per heavy atom. The summed E-state index contributed by atoms with van der Waals surface area (Å²) in [6.07, 6.45) is 0.864. The Bertz CT molecular complexity index is 1430. The van der Waals surface area contributed by atoms with E-state index >= 15 is 0 Å². The summed E-state index contributed by atoms with van der Waals surface area (Å²) in [4.78, 5) is 10.7. The summed E-state index contributed by atoms with van der Waals surface area (Å²) in [6.45, 7) is 1.24. The number of hydrogen-bond acceptors (Lipinski definition) is 4. The molecule has 0 fully saturated rings. The lowest BCUT2D eigenvalue weighted by Gasteiger charge is -2.11. The van der Waals surface area contributed by atoms with E-state index in [9.17, 15) is 10.0 Å². The fourth-order valence-electron chi connectivity index (χ4n) is 4.28. The van der Waals surface area contributed by atoms with Crippen LogP contribution in [0.15, 0.2) is 90.1 Å². The van der Waals surface area contributed by atoms with E-state index in [0.29, 0.717) is 17.8 Å². The zero-order chi connectivity index (χ0) is 21.2. The summed E-state index contributed by atoms with van der Waals surface area (Å²) in [6, 6.07) is 28.5. The van der Waals surface area contributed by atoms with E-state index in [-0.39, 0.29) is 5.75 Å². The van der Waals surface area contributed by atoms with E-state index in [4.69, 9.17) is 0 Å². The van der Waals surface area contributed by atoms with Gasteiger partial charge in [-0.15, -0.1) is 4.91 Å². The molecule has 31 heavy (non-hydrogen) atoms. The Morgan fingerprint density at radius 3 is 2.39 bits per heavy atom. The maximum Gasteiger partial charge on any atom is 0.120 e. The van der Waals surface area contributed by atoms with Crippen molar-refractivity contribution in [1.82, 2.24) is 5.32 Å². The third-order valence-electron chi connectivity index (χ3n) is 5.89. The van der Waals surface area contributed by atoms with E-state index in [1.165, 1.54) is 50.0 Å². The summed E-state index contributed by atoms with van der Waals surface area (Å²) in [5, 5.41) is 23.8. The van der Waals surface area contributed by atoms with Crippen LogP contribution in [-0.4, -0.2) is 11.7 Å². The minimum Gasteiger partial charge on any atom is -0.508 e. The Labute approximate surface area is 180 Å². The highest BCUT2D eigenvalue weighted by Gasteiger charge is 2.07. The van der Waals surface area contributed by atoms with Crippen LogP contribution in [0, 0.1) is 4.91 Å². The minimum atomic E-state index is 0.170. The van der Waals surface area contributed by atoms with E-state index in [1.54, 1.807) is 6.07 Å². The molecule has 0 amide bonds. The number of benzene rings is 5. The van der Waals surface area contributed by atoms with Crippen LogP contribution in [0.3, 0.4) is 0 Å². The highest BCUT2D eigenvalue weighted by atomic mass is 16.3. The third kappa shape index (κ3) is 3.74. The SMILES string of the molecule is O=Nc1ccc(O)c(CNCCc2cccc3c2ccc2cc4ccccc4cc23)c1. The molecule has 0 aliphatic rings. The Balaban J connectivity index is 1.39. The van der Waals surface area contributed by atoms with Gasteiger partial charge in [0.2, 0.25) is 0 Å². The summed E-state index contributed by atoms with van der Waals surface area (Å²) < 4.78 is 0. The number of phenols is 1. The van der Waals surface area contributed by atoms with Crippen LogP contribution < -0.4 is 5.32 Å². The molecule has 2 N–H and O–H groups in total. The van der Waals surface area contributed by atoms with Gasteiger partial charge < -0.3 is 10.4 Å². The van der Waals surface area contributed by atoms with E-state index in [1.807, 2.05) is 0 Å². The molecule has 0 bridgehead atoms. The van der Waals surface area contributed by atoms with Gasteiger partial charge in [0.1, 0.15) is 11.4 Å². The van der Waals surface area contributed by atoms with Crippen molar-refractivity contribution in [2.75, 3.05) is 6.54 Å². The second kappa shape index (κ2) is 8.17. The second-order valence-electron chi connectivity index (χ2n) is 7.83. The van der Waals surface area contributed by atoms with Gasteiger partial charge >= 0.3 is 0 Å². The monoisotopic (exact) mass is 406 g/mol. The number of fused-ring (bicyclic) bond motifs is 4. The number of nitrogens with zero attached hydrogens (tertiary/aromatic N) is 1. The van der Waals surface area contributed by atoms with Gasteiger partial charge in [0.25, 0.3) is 0 Å². The molecule has 152 valence electrons. The Hall–Kier alpha value is -3.76. The zero-order valence-electron chi connectivity index (χ0n) is 17.0. The number of phenolic OH excluding ortho intramolecular Hbond substituents is 1. The second-order valence-corrected chi connectivity index (χ2v) is 7.83. The van der Waals surface area contributed by atoms with Crippen molar-refractivity contribution >= 4 is 38.0 Å². The van der Waals surface area contributed by atoms with Crippen LogP contribution in [0.2, 0.25) is 0 Å². The molecule has 0 spiro atoms. The molecule has 5 aromatic rings. The smallest absolute Gasteiger partial charge is 0.120 e. The maximum atomic E-state index is 10.7. The molecule has 0 saturated heterocycles. The molecule has 5 aromatic carbocycles. The average Bonchev–Trinajstić information content (AvgIpc) is 2.81. The molecule has 0 aliphatic carbocycles. The lowest BCUT2D eigenvalue weighted by Crippen LogP contribution is -2.16. The van der Waals surface area contributed by atoms with Crippen molar-refractivity contribution in [2.45, 2.75) is 13.0 Å². The average molecular weight is 406 g/mol. The van der Waals surface area contributed by atoms with Crippen LogP contribution in [0.4, 0.5) is 5.69 Å². The van der Waals surface area contributed by atoms with Crippen LogP contribution in [0.5, 0.6) is 5.75 Å².